The Morgan fingerprint density at radius 3 is 2.81 bits per heavy atom. The van der Waals surface area contributed by atoms with Gasteiger partial charge in [-0.05, 0) is 96.1 Å². The predicted molar refractivity (Wildman–Crippen MR) is 109 cm³/mol. The number of fused-ring (bicyclic) bond motifs is 3. The fourth-order valence-electron chi connectivity index (χ4n) is 7.00. The molecule has 2 fully saturated rings. The van der Waals surface area contributed by atoms with Gasteiger partial charge in [-0.25, -0.2) is 0 Å². The largest absolute Gasteiger partial charge is 0.405 e. The number of nitrogens with zero attached hydrogens (tertiary/aromatic N) is 1. The molecule has 5 unspecified atom stereocenters. The Morgan fingerprint density at radius 1 is 1.27 bits per heavy atom. The van der Waals surface area contributed by atoms with E-state index in [1.165, 1.54) is 56.1 Å². The first-order valence-electron chi connectivity index (χ1n) is 10.6. The van der Waals surface area contributed by atoms with E-state index in [0.29, 0.717) is 10.8 Å². The first-order valence-corrected chi connectivity index (χ1v) is 10.6. The third-order valence-electron chi connectivity index (χ3n) is 8.26. The van der Waals surface area contributed by atoms with Crippen molar-refractivity contribution in [2.24, 2.45) is 34.3 Å². The molecule has 3 aliphatic carbocycles. The lowest BCUT2D eigenvalue weighted by molar-refractivity contribution is -0.0192. The predicted octanol–water partition coefficient (Wildman–Crippen LogP) is 5.96. The zero-order valence-corrected chi connectivity index (χ0v) is 16.7. The summed E-state index contributed by atoms with van der Waals surface area (Å²) in [5.74, 6) is 2.41. The normalized spacial score (nSPS) is 40.8. The van der Waals surface area contributed by atoms with Crippen molar-refractivity contribution in [2.75, 3.05) is 0 Å². The average molecular weight is 351 g/mol. The van der Waals surface area contributed by atoms with Crippen LogP contribution in [0.5, 0.6) is 0 Å². The van der Waals surface area contributed by atoms with E-state index in [4.69, 9.17) is 5.73 Å². The van der Waals surface area contributed by atoms with Crippen LogP contribution in [0.25, 0.3) is 5.57 Å². The van der Waals surface area contributed by atoms with E-state index < -0.39 is 0 Å². The maximum atomic E-state index is 6.08. The molecule has 140 valence electrons. The van der Waals surface area contributed by atoms with Crippen LogP contribution in [-0.2, 0) is 0 Å². The van der Waals surface area contributed by atoms with Gasteiger partial charge in [0.25, 0.3) is 0 Å². The molecule has 1 heterocycles. The van der Waals surface area contributed by atoms with Crippen molar-refractivity contribution in [3.8, 4) is 0 Å². The Labute approximate surface area is 159 Å². The molecule has 26 heavy (non-hydrogen) atoms. The number of nitrogens with two attached hydrogens (primary N) is 1. The summed E-state index contributed by atoms with van der Waals surface area (Å²) in [6.07, 6.45) is 17.4. The summed E-state index contributed by atoms with van der Waals surface area (Å²) in [5.41, 5.74) is 11.1. The van der Waals surface area contributed by atoms with E-state index in [1.54, 1.807) is 5.57 Å². The molecule has 0 aliphatic heterocycles. The van der Waals surface area contributed by atoms with E-state index in [2.05, 4.69) is 50.2 Å². The zero-order chi connectivity index (χ0) is 18.4. The molecular weight excluding hydrogens is 316 g/mol. The molecule has 1 aromatic rings. The van der Waals surface area contributed by atoms with Crippen LogP contribution in [0.4, 0.5) is 0 Å². The van der Waals surface area contributed by atoms with Gasteiger partial charge < -0.3 is 5.73 Å². The first kappa shape index (κ1) is 17.8. The standard InChI is InChI=1S/C24H34N2/c1-4-12-23(2)18(15-25)7-8-19-21-10-9-20(17-6-5-14-26-16-17)24(21,3)13-11-22(19)23/h5-6,9,14-16,19,21-22H,4,7-8,10-13,25H2,1-3H3/b18-15-. The minimum atomic E-state index is 0.310. The Bertz CT molecular complexity index is 719. The fraction of sp³-hybridized carbons (Fsp3) is 0.625. The molecule has 5 atom stereocenters. The number of rotatable bonds is 3. The number of hydrogen-bond acceptors (Lipinski definition) is 2. The molecule has 0 saturated heterocycles. The van der Waals surface area contributed by atoms with Gasteiger partial charge in [0, 0.05) is 12.4 Å². The van der Waals surface area contributed by atoms with Crippen LogP contribution < -0.4 is 5.73 Å². The first-order chi connectivity index (χ1) is 12.5. The van der Waals surface area contributed by atoms with Crippen LogP contribution in [0.1, 0.15) is 71.3 Å². The SMILES string of the molecule is CCCC1(C)/C(=C\N)CCC2C3CC=C(c4cccnc4)C3(C)CCC21. The van der Waals surface area contributed by atoms with E-state index in [-0.39, 0.29) is 0 Å². The van der Waals surface area contributed by atoms with Crippen molar-refractivity contribution in [1.29, 1.82) is 0 Å². The minimum absolute atomic E-state index is 0.310. The lowest BCUT2D eigenvalue weighted by Gasteiger charge is -2.57. The molecule has 4 rings (SSSR count). The Kier molecular flexibility index (Phi) is 4.49. The van der Waals surface area contributed by atoms with Gasteiger partial charge in [0.15, 0.2) is 0 Å². The Balaban J connectivity index is 1.66. The van der Waals surface area contributed by atoms with Crippen LogP contribution in [0.2, 0.25) is 0 Å². The van der Waals surface area contributed by atoms with Gasteiger partial charge in [-0.3, -0.25) is 4.98 Å². The third-order valence-corrected chi connectivity index (χ3v) is 8.26. The molecule has 2 saturated carbocycles. The summed E-state index contributed by atoms with van der Waals surface area (Å²) in [4.78, 5) is 4.39. The molecule has 2 heteroatoms. The highest BCUT2D eigenvalue weighted by atomic mass is 14.6. The van der Waals surface area contributed by atoms with Crippen molar-refractivity contribution in [3.63, 3.8) is 0 Å². The van der Waals surface area contributed by atoms with Crippen LogP contribution >= 0.6 is 0 Å². The van der Waals surface area contributed by atoms with Gasteiger partial charge in [-0.1, -0.05) is 39.3 Å². The zero-order valence-electron chi connectivity index (χ0n) is 16.7. The second kappa shape index (κ2) is 6.55. The maximum absolute atomic E-state index is 6.08. The van der Waals surface area contributed by atoms with Crippen LogP contribution in [-0.4, -0.2) is 4.98 Å². The highest BCUT2D eigenvalue weighted by Crippen LogP contribution is 2.66. The molecule has 0 radical (unpaired) electrons. The van der Waals surface area contributed by atoms with Gasteiger partial charge in [-0.15, -0.1) is 0 Å². The lowest BCUT2D eigenvalue weighted by atomic mass is 9.47. The second-order valence-corrected chi connectivity index (χ2v) is 9.33. The smallest absolute Gasteiger partial charge is 0.0343 e. The number of allylic oxidation sites excluding steroid dienone is 3. The van der Waals surface area contributed by atoms with Crippen LogP contribution in [0.15, 0.2) is 42.4 Å². The molecular formula is C24H34N2. The summed E-state index contributed by atoms with van der Waals surface area (Å²) in [7, 11) is 0. The summed E-state index contributed by atoms with van der Waals surface area (Å²) < 4.78 is 0. The van der Waals surface area contributed by atoms with E-state index in [9.17, 15) is 0 Å². The van der Waals surface area contributed by atoms with Gasteiger partial charge in [0.05, 0.1) is 0 Å². The van der Waals surface area contributed by atoms with Gasteiger partial charge in [0.2, 0.25) is 0 Å². The molecule has 0 bridgehead atoms. The molecule has 0 spiro atoms. The molecule has 1 aromatic heterocycles. The average Bonchev–Trinajstić information content (AvgIpc) is 3.00. The molecule has 0 amide bonds. The molecule has 2 N–H and O–H groups in total. The number of aromatic nitrogens is 1. The molecule has 3 aliphatic rings. The topological polar surface area (TPSA) is 38.9 Å². The summed E-state index contributed by atoms with van der Waals surface area (Å²) in [6, 6.07) is 4.33. The molecule has 0 aromatic carbocycles. The van der Waals surface area contributed by atoms with Crippen molar-refractivity contribution in [3.05, 3.63) is 47.9 Å². The third kappa shape index (κ3) is 2.48. The van der Waals surface area contributed by atoms with Crippen molar-refractivity contribution >= 4 is 5.57 Å². The lowest BCUT2D eigenvalue weighted by Crippen LogP contribution is -2.49. The Morgan fingerprint density at radius 2 is 2.12 bits per heavy atom. The molecule has 2 nitrogen and oxygen atoms in total. The van der Waals surface area contributed by atoms with Crippen molar-refractivity contribution in [2.45, 2.75) is 65.7 Å². The second-order valence-electron chi connectivity index (χ2n) is 9.33. The van der Waals surface area contributed by atoms with Gasteiger partial charge in [0.1, 0.15) is 0 Å². The van der Waals surface area contributed by atoms with Crippen molar-refractivity contribution in [1.82, 2.24) is 4.98 Å². The monoisotopic (exact) mass is 350 g/mol. The number of pyridine rings is 1. The van der Waals surface area contributed by atoms with Gasteiger partial charge in [-0.2, -0.15) is 0 Å². The highest BCUT2D eigenvalue weighted by molar-refractivity contribution is 5.72. The number of hydrogen-bond donors (Lipinski definition) is 1. The summed E-state index contributed by atoms with van der Waals surface area (Å²) in [6.45, 7) is 7.37. The minimum Gasteiger partial charge on any atom is -0.405 e. The summed E-state index contributed by atoms with van der Waals surface area (Å²) >= 11 is 0. The van der Waals surface area contributed by atoms with Gasteiger partial charge >= 0.3 is 0 Å². The van der Waals surface area contributed by atoms with Crippen LogP contribution in [0, 0.1) is 28.6 Å². The maximum Gasteiger partial charge on any atom is 0.0343 e. The van der Waals surface area contributed by atoms with Crippen LogP contribution in [0.3, 0.4) is 0 Å². The van der Waals surface area contributed by atoms with E-state index >= 15 is 0 Å². The summed E-state index contributed by atoms with van der Waals surface area (Å²) in [5, 5.41) is 0. The Hall–Kier alpha value is -1.57. The van der Waals surface area contributed by atoms with E-state index in [1.807, 2.05) is 12.4 Å². The fourth-order valence-corrected chi connectivity index (χ4v) is 7.00. The highest BCUT2D eigenvalue weighted by Gasteiger charge is 2.56. The van der Waals surface area contributed by atoms with E-state index in [0.717, 1.165) is 17.8 Å². The van der Waals surface area contributed by atoms with Crippen molar-refractivity contribution < 1.29 is 0 Å². The quantitative estimate of drug-likeness (QED) is 0.730.